The minimum absolute atomic E-state index is 0.0612. The number of nitrogens with one attached hydrogen (secondary N) is 2. The van der Waals surface area contributed by atoms with Crippen molar-refractivity contribution >= 4 is 23.7 Å². The van der Waals surface area contributed by atoms with Gasteiger partial charge in [0.15, 0.2) is 0 Å². The summed E-state index contributed by atoms with van der Waals surface area (Å²) in [5, 5.41) is 5.99. The molecule has 2 amide bonds. The molecule has 2 fully saturated rings. The minimum atomic E-state index is -0.0612. The van der Waals surface area contributed by atoms with Crippen LogP contribution in [0.1, 0.15) is 24.8 Å². The normalized spacial score (nSPS) is 18.6. The van der Waals surface area contributed by atoms with Gasteiger partial charge < -0.3 is 20.4 Å². The van der Waals surface area contributed by atoms with Crippen LogP contribution in [0.15, 0.2) is 18.2 Å². The predicted molar refractivity (Wildman–Crippen MR) is 100 cm³/mol. The highest BCUT2D eigenvalue weighted by Crippen LogP contribution is 2.37. The Labute approximate surface area is 149 Å². The number of nitrogens with zero attached hydrogens (tertiary/aromatic N) is 2. The average Bonchev–Trinajstić information content (AvgIpc) is 2.61. The lowest BCUT2D eigenvalue weighted by Crippen LogP contribution is -2.58. The number of benzene rings is 1. The maximum Gasteiger partial charge on any atom is 0.221 e. The maximum atomic E-state index is 11.4. The van der Waals surface area contributed by atoms with Gasteiger partial charge >= 0.3 is 0 Å². The van der Waals surface area contributed by atoms with Crippen LogP contribution in [0.2, 0.25) is 0 Å². The van der Waals surface area contributed by atoms with Crippen LogP contribution in [-0.4, -0.2) is 52.1 Å². The number of rotatable bonds is 6. The van der Waals surface area contributed by atoms with Crippen LogP contribution in [0.3, 0.4) is 0 Å². The second kappa shape index (κ2) is 7.44. The van der Waals surface area contributed by atoms with Crippen molar-refractivity contribution in [3.8, 4) is 0 Å². The molecule has 6 heteroatoms. The molecule has 3 rings (SSSR count). The van der Waals surface area contributed by atoms with E-state index >= 15 is 0 Å². The number of piperidine rings is 1. The molecule has 2 heterocycles. The topological polar surface area (TPSA) is 64.7 Å². The summed E-state index contributed by atoms with van der Waals surface area (Å²) < 4.78 is 0. The Morgan fingerprint density at radius 1 is 1.36 bits per heavy atom. The summed E-state index contributed by atoms with van der Waals surface area (Å²) in [6, 6.07) is 6.25. The van der Waals surface area contributed by atoms with E-state index < -0.39 is 0 Å². The zero-order chi connectivity index (χ0) is 17.9. The first-order valence-corrected chi connectivity index (χ1v) is 9.06. The highest BCUT2D eigenvalue weighted by atomic mass is 16.2. The molecule has 136 valence electrons. The van der Waals surface area contributed by atoms with Gasteiger partial charge in [-0.3, -0.25) is 9.59 Å². The molecule has 25 heavy (non-hydrogen) atoms. The Morgan fingerprint density at radius 2 is 2.08 bits per heavy atom. The molecule has 2 N–H and O–H groups in total. The van der Waals surface area contributed by atoms with Crippen LogP contribution in [0.4, 0.5) is 11.4 Å². The number of carbonyl (C=O) groups is 2. The molecule has 0 bridgehead atoms. The van der Waals surface area contributed by atoms with E-state index in [1.807, 2.05) is 13.0 Å². The SMILES string of the molecule is CNC(=O)CCN(C=O)c1ccc(N2CCC3(CC2)CNC3)cc1C. The molecule has 6 nitrogen and oxygen atoms in total. The van der Waals surface area contributed by atoms with E-state index in [1.165, 1.54) is 31.6 Å². The van der Waals surface area contributed by atoms with Crippen molar-refractivity contribution in [2.75, 3.05) is 49.6 Å². The van der Waals surface area contributed by atoms with E-state index in [2.05, 4.69) is 27.7 Å². The third-order valence-corrected chi connectivity index (χ3v) is 5.66. The third-order valence-electron chi connectivity index (χ3n) is 5.66. The second-order valence-electron chi connectivity index (χ2n) is 7.28. The zero-order valence-corrected chi connectivity index (χ0v) is 15.2. The molecule has 0 unspecified atom stereocenters. The van der Waals surface area contributed by atoms with E-state index in [0.717, 1.165) is 30.8 Å². The van der Waals surface area contributed by atoms with Gasteiger partial charge in [-0.15, -0.1) is 0 Å². The number of hydrogen-bond donors (Lipinski definition) is 2. The Kier molecular flexibility index (Phi) is 5.27. The van der Waals surface area contributed by atoms with Crippen LogP contribution in [0.5, 0.6) is 0 Å². The summed E-state index contributed by atoms with van der Waals surface area (Å²) in [5.74, 6) is -0.0612. The molecule has 0 saturated carbocycles. The fourth-order valence-corrected chi connectivity index (χ4v) is 3.81. The van der Waals surface area contributed by atoms with Gasteiger partial charge in [-0.05, 0) is 48.9 Å². The quantitative estimate of drug-likeness (QED) is 0.763. The predicted octanol–water partition coefficient (Wildman–Crippen LogP) is 1.28. The highest BCUT2D eigenvalue weighted by molar-refractivity contribution is 5.81. The monoisotopic (exact) mass is 344 g/mol. The number of hydrogen-bond acceptors (Lipinski definition) is 4. The van der Waals surface area contributed by atoms with Crippen LogP contribution in [0, 0.1) is 12.3 Å². The van der Waals surface area contributed by atoms with Crippen molar-refractivity contribution in [3.05, 3.63) is 23.8 Å². The molecule has 1 aromatic carbocycles. The lowest BCUT2D eigenvalue weighted by Gasteiger charge is -2.49. The van der Waals surface area contributed by atoms with Crippen LogP contribution >= 0.6 is 0 Å². The minimum Gasteiger partial charge on any atom is -0.371 e. The first-order valence-electron chi connectivity index (χ1n) is 9.06. The summed E-state index contributed by atoms with van der Waals surface area (Å²) >= 11 is 0. The fraction of sp³-hybridized carbons (Fsp3) is 0.579. The Morgan fingerprint density at radius 3 is 2.60 bits per heavy atom. The van der Waals surface area contributed by atoms with Crippen molar-refractivity contribution in [1.29, 1.82) is 0 Å². The van der Waals surface area contributed by atoms with Crippen molar-refractivity contribution in [2.24, 2.45) is 5.41 Å². The number of aryl methyl sites for hydroxylation is 1. The van der Waals surface area contributed by atoms with E-state index in [9.17, 15) is 9.59 Å². The molecule has 1 spiro atoms. The molecule has 2 aliphatic heterocycles. The molecule has 0 radical (unpaired) electrons. The summed E-state index contributed by atoms with van der Waals surface area (Å²) in [4.78, 5) is 26.9. The third kappa shape index (κ3) is 3.79. The number of amides is 2. The second-order valence-corrected chi connectivity index (χ2v) is 7.28. The van der Waals surface area contributed by atoms with E-state index in [0.29, 0.717) is 18.4 Å². The lowest BCUT2D eigenvalue weighted by atomic mass is 9.73. The van der Waals surface area contributed by atoms with E-state index in [-0.39, 0.29) is 5.91 Å². The summed E-state index contributed by atoms with van der Waals surface area (Å²) in [7, 11) is 1.61. The molecule has 0 atom stereocenters. The van der Waals surface area contributed by atoms with Gasteiger partial charge in [-0.1, -0.05) is 0 Å². The first kappa shape index (κ1) is 17.7. The van der Waals surface area contributed by atoms with Crippen molar-refractivity contribution < 1.29 is 9.59 Å². The van der Waals surface area contributed by atoms with Crippen molar-refractivity contribution in [3.63, 3.8) is 0 Å². The molecule has 1 aromatic rings. The molecule has 0 aromatic heterocycles. The Bertz CT molecular complexity index is 632. The molecular weight excluding hydrogens is 316 g/mol. The average molecular weight is 344 g/mol. The fourth-order valence-electron chi connectivity index (χ4n) is 3.81. The van der Waals surface area contributed by atoms with Gasteiger partial charge in [0, 0.05) is 57.6 Å². The van der Waals surface area contributed by atoms with Gasteiger partial charge in [0.1, 0.15) is 0 Å². The summed E-state index contributed by atoms with van der Waals surface area (Å²) in [5.41, 5.74) is 3.70. The summed E-state index contributed by atoms with van der Waals surface area (Å²) in [6.45, 7) is 6.93. The molecule has 0 aliphatic carbocycles. The smallest absolute Gasteiger partial charge is 0.221 e. The lowest BCUT2D eigenvalue weighted by molar-refractivity contribution is -0.120. The molecule has 2 aliphatic rings. The first-order chi connectivity index (χ1) is 12.1. The van der Waals surface area contributed by atoms with Crippen molar-refractivity contribution in [1.82, 2.24) is 10.6 Å². The Hall–Kier alpha value is -2.08. The van der Waals surface area contributed by atoms with Gasteiger partial charge in [-0.25, -0.2) is 0 Å². The highest BCUT2D eigenvalue weighted by Gasteiger charge is 2.39. The van der Waals surface area contributed by atoms with Crippen LogP contribution in [0.25, 0.3) is 0 Å². The molecular formula is C19H28N4O2. The van der Waals surface area contributed by atoms with Gasteiger partial charge in [-0.2, -0.15) is 0 Å². The Balaban J connectivity index is 1.65. The van der Waals surface area contributed by atoms with Gasteiger partial charge in [0.05, 0.1) is 0 Å². The zero-order valence-electron chi connectivity index (χ0n) is 15.2. The molecule has 2 saturated heterocycles. The standard InChI is InChI=1S/C19H28N4O2/c1-15-11-16(22-9-6-19(7-10-22)12-21-13-19)3-4-17(15)23(14-24)8-5-18(25)20-2/h3-4,11,14,21H,5-10,12-13H2,1-2H3,(H,20,25). The van der Waals surface area contributed by atoms with Crippen LogP contribution in [-0.2, 0) is 9.59 Å². The van der Waals surface area contributed by atoms with E-state index in [4.69, 9.17) is 0 Å². The van der Waals surface area contributed by atoms with Gasteiger partial charge in [0.2, 0.25) is 12.3 Å². The van der Waals surface area contributed by atoms with Gasteiger partial charge in [0.25, 0.3) is 0 Å². The van der Waals surface area contributed by atoms with Crippen molar-refractivity contribution in [2.45, 2.75) is 26.2 Å². The van der Waals surface area contributed by atoms with E-state index in [1.54, 1.807) is 11.9 Å². The largest absolute Gasteiger partial charge is 0.371 e. The number of anilines is 2. The summed E-state index contributed by atoms with van der Waals surface area (Å²) in [6.07, 6.45) is 3.60. The maximum absolute atomic E-state index is 11.4. The number of carbonyl (C=O) groups excluding carboxylic acids is 2. The van der Waals surface area contributed by atoms with Crippen LogP contribution < -0.4 is 20.4 Å².